The molecule has 0 radical (unpaired) electrons. The van der Waals surface area contributed by atoms with Crippen molar-refractivity contribution < 1.29 is 9.84 Å². The van der Waals surface area contributed by atoms with Gasteiger partial charge in [0.05, 0.1) is 7.11 Å². The van der Waals surface area contributed by atoms with Crippen LogP contribution in [0.5, 0.6) is 11.5 Å². The predicted octanol–water partition coefficient (Wildman–Crippen LogP) is 5.87. The van der Waals surface area contributed by atoms with Gasteiger partial charge in [-0.05, 0) is 54.7 Å². The summed E-state index contributed by atoms with van der Waals surface area (Å²) in [6.07, 6.45) is 6.23. The van der Waals surface area contributed by atoms with Gasteiger partial charge in [-0.2, -0.15) is 0 Å². The Morgan fingerprint density at radius 1 is 1.17 bits per heavy atom. The minimum Gasteiger partial charge on any atom is -0.508 e. The van der Waals surface area contributed by atoms with Gasteiger partial charge < -0.3 is 9.84 Å². The Kier molecular flexibility index (Phi) is 6.54. The molecule has 0 fully saturated rings. The fraction of sp³-hybridized carbons (Fsp3) is 0.300. The van der Waals surface area contributed by atoms with Gasteiger partial charge in [0.1, 0.15) is 11.5 Å². The van der Waals surface area contributed by atoms with Gasteiger partial charge in [0, 0.05) is 5.02 Å². The fourth-order valence-corrected chi connectivity index (χ4v) is 2.65. The van der Waals surface area contributed by atoms with Crippen molar-refractivity contribution in [3.8, 4) is 11.5 Å². The minimum atomic E-state index is 0.259. The molecular weight excluding hydrogens is 308 g/mol. The number of unbranched alkanes of at least 4 members (excludes halogenated alkanes) is 1. The van der Waals surface area contributed by atoms with Crippen molar-refractivity contribution >= 4 is 17.7 Å². The number of phenols is 1. The number of aromatic hydroxyl groups is 1. The van der Waals surface area contributed by atoms with Crippen molar-refractivity contribution in [2.75, 3.05) is 7.11 Å². The Balaban J connectivity index is 2.22. The van der Waals surface area contributed by atoms with Crippen LogP contribution in [-0.2, 0) is 6.42 Å². The normalized spacial score (nSPS) is 11.5. The van der Waals surface area contributed by atoms with E-state index >= 15 is 0 Å². The molecule has 2 aromatic carbocycles. The zero-order valence-electron chi connectivity index (χ0n) is 13.7. The van der Waals surface area contributed by atoms with E-state index in [2.05, 4.69) is 13.0 Å². The van der Waals surface area contributed by atoms with Crippen LogP contribution in [0.25, 0.3) is 6.08 Å². The van der Waals surface area contributed by atoms with Gasteiger partial charge in [-0.25, -0.2) is 0 Å². The van der Waals surface area contributed by atoms with E-state index < -0.39 is 0 Å². The molecule has 0 bridgehead atoms. The molecule has 2 aromatic rings. The van der Waals surface area contributed by atoms with E-state index in [1.165, 1.54) is 5.57 Å². The molecular formula is C20H23ClO2. The number of hydrogen-bond donors (Lipinski definition) is 1. The van der Waals surface area contributed by atoms with Crippen molar-refractivity contribution in [3.63, 3.8) is 0 Å². The van der Waals surface area contributed by atoms with Gasteiger partial charge in [-0.15, -0.1) is 0 Å². The molecule has 0 amide bonds. The molecule has 3 heteroatoms. The SMILES string of the molecule is CCCC/C(=C\c1ccc(OC)cc1)Cc1ccc(Cl)cc1O. The molecule has 2 nitrogen and oxygen atoms in total. The van der Waals surface area contributed by atoms with Crippen molar-refractivity contribution in [2.24, 2.45) is 0 Å². The maximum Gasteiger partial charge on any atom is 0.120 e. The highest BCUT2D eigenvalue weighted by Gasteiger charge is 2.06. The number of halogens is 1. The van der Waals surface area contributed by atoms with E-state index in [0.717, 1.165) is 42.6 Å². The molecule has 0 aromatic heterocycles. The van der Waals surface area contributed by atoms with Gasteiger partial charge >= 0.3 is 0 Å². The average molecular weight is 331 g/mol. The maximum atomic E-state index is 10.1. The summed E-state index contributed by atoms with van der Waals surface area (Å²) in [4.78, 5) is 0. The molecule has 23 heavy (non-hydrogen) atoms. The Hall–Kier alpha value is -1.93. The monoisotopic (exact) mass is 330 g/mol. The smallest absolute Gasteiger partial charge is 0.120 e. The Labute approximate surface area is 143 Å². The Bertz CT molecular complexity index is 660. The van der Waals surface area contributed by atoms with Crippen LogP contribution >= 0.6 is 11.6 Å². The first-order valence-corrected chi connectivity index (χ1v) is 8.31. The number of rotatable bonds is 7. The standard InChI is InChI=1S/C20H23ClO2/c1-3-4-5-16(12-15-6-10-19(23-2)11-7-15)13-17-8-9-18(21)14-20(17)22/h6-12,14,22H,3-5,13H2,1-2H3/b16-12+. The second kappa shape index (κ2) is 8.64. The highest BCUT2D eigenvalue weighted by atomic mass is 35.5. The predicted molar refractivity (Wildman–Crippen MR) is 97.3 cm³/mol. The van der Waals surface area contributed by atoms with Gasteiger partial charge in [-0.1, -0.05) is 54.8 Å². The highest BCUT2D eigenvalue weighted by Crippen LogP contribution is 2.27. The second-order valence-corrected chi connectivity index (χ2v) is 6.07. The van der Waals surface area contributed by atoms with Gasteiger partial charge in [-0.3, -0.25) is 0 Å². The van der Waals surface area contributed by atoms with Crippen molar-refractivity contribution in [3.05, 3.63) is 64.2 Å². The lowest BCUT2D eigenvalue weighted by atomic mass is 9.97. The number of allylic oxidation sites excluding steroid dienone is 1. The molecule has 122 valence electrons. The van der Waals surface area contributed by atoms with Gasteiger partial charge in [0.25, 0.3) is 0 Å². The van der Waals surface area contributed by atoms with Crippen molar-refractivity contribution in [1.82, 2.24) is 0 Å². The molecule has 2 rings (SSSR count). The molecule has 0 heterocycles. The first kappa shape index (κ1) is 17.4. The fourth-order valence-electron chi connectivity index (χ4n) is 2.48. The lowest BCUT2D eigenvalue weighted by Crippen LogP contribution is -1.93. The number of phenolic OH excluding ortho intramolecular Hbond substituents is 1. The van der Waals surface area contributed by atoms with Crippen LogP contribution in [0.1, 0.15) is 37.3 Å². The summed E-state index contributed by atoms with van der Waals surface area (Å²) in [5.41, 5.74) is 3.35. The average Bonchev–Trinajstić information content (AvgIpc) is 2.55. The maximum absolute atomic E-state index is 10.1. The highest BCUT2D eigenvalue weighted by molar-refractivity contribution is 6.30. The number of methoxy groups -OCH3 is 1. The summed E-state index contributed by atoms with van der Waals surface area (Å²) >= 11 is 5.91. The second-order valence-electron chi connectivity index (χ2n) is 5.63. The van der Waals surface area contributed by atoms with Crippen LogP contribution in [0.4, 0.5) is 0 Å². The molecule has 1 N–H and O–H groups in total. The summed E-state index contributed by atoms with van der Waals surface area (Å²) in [7, 11) is 1.67. The van der Waals surface area contributed by atoms with Crippen LogP contribution in [-0.4, -0.2) is 12.2 Å². The van der Waals surface area contributed by atoms with E-state index in [-0.39, 0.29) is 5.75 Å². The molecule has 0 saturated carbocycles. The molecule has 0 aliphatic heterocycles. The first-order valence-electron chi connectivity index (χ1n) is 7.93. The first-order chi connectivity index (χ1) is 11.1. The Morgan fingerprint density at radius 2 is 1.91 bits per heavy atom. The van der Waals surface area contributed by atoms with Crippen LogP contribution in [0.2, 0.25) is 5.02 Å². The summed E-state index contributed by atoms with van der Waals surface area (Å²) in [6, 6.07) is 13.3. The van der Waals surface area contributed by atoms with Crippen LogP contribution < -0.4 is 4.74 Å². The topological polar surface area (TPSA) is 29.5 Å². The van der Waals surface area contributed by atoms with Gasteiger partial charge in [0.2, 0.25) is 0 Å². The van der Waals surface area contributed by atoms with Gasteiger partial charge in [0.15, 0.2) is 0 Å². The lowest BCUT2D eigenvalue weighted by molar-refractivity contribution is 0.415. The Morgan fingerprint density at radius 3 is 2.52 bits per heavy atom. The van der Waals surface area contributed by atoms with Crippen LogP contribution in [0.3, 0.4) is 0 Å². The minimum absolute atomic E-state index is 0.259. The summed E-state index contributed by atoms with van der Waals surface area (Å²) < 4.78 is 5.20. The largest absolute Gasteiger partial charge is 0.508 e. The summed E-state index contributed by atoms with van der Waals surface area (Å²) in [5, 5.41) is 10.6. The number of ether oxygens (including phenoxy) is 1. The number of hydrogen-bond acceptors (Lipinski definition) is 2. The zero-order chi connectivity index (χ0) is 16.7. The molecule has 0 aliphatic rings. The van der Waals surface area contributed by atoms with Crippen LogP contribution in [0, 0.1) is 0 Å². The van der Waals surface area contributed by atoms with Crippen LogP contribution in [0.15, 0.2) is 48.0 Å². The van der Waals surface area contributed by atoms with E-state index in [1.807, 2.05) is 36.4 Å². The summed E-state index contributed by atoms with van der Waals surface area (Å²) in [6.45, 7) is 2.19. The van der Waals surface area contributed by atoms with Crippen molar-refractivity contribution in [1.29, 1.82) is 0 Å². The third kappa shape index (κ3) is 5.33. The third-order valence-corrected chi connectivity index (χ3v) is 4.04. The molecule has 0 unspecified atom stereocenters. The molecule has 0 aliphatic carbocycles. The zero-order valence-corrected chi connectivity index (χ0v) is 14.4. The third-order valence-electron chi connectivity index (χ3n) is 3.80. The molecule has 0 atom stereocenters. The van der Waals surface area contributed by atoms with E-state index in [9.17, 15) is 5.11 Å². The van der Waals surface area contributed by atoms with E-state index in [4.69, 9.17) is 16.3 Å². The lowest BCUT2D eigenvalue weighted by Gasteiger charge is -2.10. The quantitative estimate of drug-likeness (QED) is 0.687. The van der Waals surface area contributed by atoms with E-state index in [0.29, 0.717) is 5.02 Å². The summed E-state index contributed by atoms with van der Waals surface area (Å²) in [5.74, 6) is 1.11. The number of benzene rings is 2. The van der Waals surface area contributed by atoms with E-state index in [1.54, 1.807) is 13.2 Å². The van der Waals surface area contributed by atoms with Crippen molar-refractivity contribution in [2.45, 2.75) is 32.6 Å². The molecule has 0 spiro atoms. The molecule has 0 saturated heterocycles.